The molecule has 0 spiro atoms. The summed E-state index contributed by atoms with van der Waals surface area (Å²) >= 11 is 0.960. The van der Waals surface area contributed by atoms with Crippen LogP contribution in [0.25, 0.3) is 0 Å². The molecule has 1 aliphatic rings. The van der Waals surface area contributed by atoms with E-state index >= 15 is 0 Å². The Morgan fingerprint density at radius 1 is 1.42 bits per heavy atom. The van der Waals surface area contributed by atoms with Crippen molar-refractivity contribution in [3.63, 3.8) is 0 Å². The molecule has 0 atom stereocenters. The Labute approximate surface area is 160 Å². The monoisotopic (exact) mass is 478 g/mol. The highest BCUT2D eigenvalue weighted by molar-refractivity contribution is 14.0. The van der Waals surface area contributed by atoms with Crippen LogP contribution in [0, 0.1) is 5.92 Å². The zero-order valence-corrected chi connectivity index (χ0v) is 16.5. The first kappa shape index (κ1) is 21.4. The van der Waals surface area contributed by atoms with Crippen LogP contribution in [-0.4, -0.2) is 37.2 Å². The van der Waals surface area contributed by atoms with Crippen molar-refractivity contribution in [1.82, 2.24) is 15.6 Å². The summed E-state index contributed by atoms with van der Waals surface area (Å²) in [7, 11) is 0. The largest absolute Gasteiger partial charge is 0.434 e. The molecule has 5 nitrogen and oxygen atoms in total. The second-order valence-electron chi connectivity index (χ2n) is 5.26. The summed E-state index contributed by atoms with van der Waals surface area (Å²) in [4.78, 5) is 7.80. The maximum atomic E-state index is 12.5. The summed E-state index contributed by atoms with van der Waals surface area (Å²) in [6, 6.07) is 0. The highest BCUT2D eigenvalue weighted by Crippen LogP contribution is 2.30. The quantitative estimate of drug-likeness (QED) is 0.261. The second-order valence-corrected chi connectivity index (χ2v) is 6.21. The van der Waals surface area contributed by atoms with E-state index in [2.05, 4.69) is 20.6 Å². The molecule has 0 radical (unpaired) electrons. The Balaban J connectivity index is 0.00000288. The Morgan fingerprint density at radius 3 is 2.75 bits per heavy atom. The van der Waals surface area contributed by atoms with Crippen LogP contribution in [0.2, 0.25) is 0 Å². The first-order chi connectivity index (χ1) is 11.0. The summed E-state index contributed by atoms with van der Waals surface area (Å²) < 4.78 is 43.0. The molecule has 1 fully saturated rings. The predicted molar refractivity (Wildman–Crippen MR) is 98.9 cm³/mol. The number of hydrogen-bond acceptors (Lipinski definition) is 4. The number of ether oxygens (including phenoxy) is 1. The van der Waals surface area contributed by atoms with Crippen molar-refractivity contribution in [1.29, 1.82) is 0 Å². The van der Waals surface area contributed by atoms with Gasteiger partial charge in [-0.05, 0) is 25.7 Å². The fraction of sp³-hybridized carbons (Fsp3) is 0.714. The minimum Gasteiger partial charge on any atom is -0.379 e. The molecule has 1 aromatic rings. The fourth-order valence-corrected chi connectivity index (χ4v) is 2.50. The number of aliphatic imine (C=N–C) groups is 1. The van der Waals surface area contributed by atoms with Crippen LogP contribution in [0.1, 0.15) is 30.5 Å². The van der Waals surface area contributed by atoms with Gasteiger partial charge in [-0.2, -0.15) is 13.2 Å². The van der Waals surface area contributed by atoms with E-state index in [0.717, 1.165) is 29.2 Å². The summed E-state index contributed by atoms with van der Waals surface area (Å²) in [5, 5.41) is 7.47. The molecule has 2 rings (SSSR count). The molecule has 0 unspecified atom stereocenters. The molecule has 0 aromatic carbocycles. The van der Waals surface area contributed by atoms with Crippen LogP contribution in [-0.2, 0) is 17.5 Å². The minimum absolute atomic E-state index is 0. The van der Waals surface area contributed by atoms with Gasteiger partial charge in [0, 0.05) is 25.1 Å². The van der Waals surface area contributed by atoms with Gasteiger partial charge < -0.3 is 15.4 Å². The molecule has 1 aliphatic carbocycles. The molecule has 10 heteroatoms. The van der Waals surface area contributed by atoms with Gasteiger partial charge >= 0.3 is 6.18 Å². The number of nitrogens with one attached hydrogen (secondary N) is 2. The summed E-state index contributed by atoms with van der Waals surface area (Å²) in [6.07, 6.45) is -1.89. The van der Waals surface area contributed by atoms with E-state index in [1.54, 1.807) is 0 Å². The molecule has 0 amide bonds. The summed E-state index contributed by atoms with van der Waals surface area (Å²) in [5.41, 5.74) is -0.862. The summed E-state index contributed by atoms with van der Waals surface area (Å²) in [5.74, 6) is 1.27. The zero-order chi connectivity index (χ0) is 16.7. The Hall–Kier alpha value is -0.620. The Bertz CT molecular complexity index is 520. The standard InChI is InChI=1S/C14H21F3N4OS.HI/c1-2-18-13(19-5-6-22-8-10-3-4-10)20-7-12-21-11(9-23-12)14(15,16)17;/h9-10H,2-8H2,1H3,(H2,18,19,20);1H. The van der Waals surface area contributed by atoms with Crippen LogP contribution >= 0.6 is 35.3 Å². The van der Waals surface area contributed by atoms with Crippen LogP contribution in [0.5, 0.6) is 0 Å². The van der Waals surface area contributed by atoms with Crippen molar-refractivity contribution in [3.8, 4) is 0 Å². The second kappa shape index (κ2) is 10.4. The lowest BCUT2D eigenvalue weighted by Gasteiger charge is -2.11. The first-order valence-electron chi connectivity index (χ1n) is 7.60. The molecule has 0 aliphatic heterocycles. The van der Waals surface area contributed by atoms with Crippen molar-refractivity contribution in [2.75, 3.05) is 26.3 Å². The highest BCUT2D eigenvalue weighted by Gasteiger charge is 2.33. The third-order valence-electron chi connectivity index (χ3n) is 3.15. The van der Waals surface area contributed by atoms with Gasteiger partial charge in [0.15, 0.2) is 11.7 Å². The number of nitrogens with zero attached hydrogens (tertiary/aromatic N) is 2. The van der Waals surface area contributed by atoms with Gasteiger partial charge in [-0.1, -0.05) is 0 Å². The lowest BCUT2D eigenvalue weighted by atomic mass is 10.5. The normalized spacial score (nSPS) is 15.1. The molecular formula is C14H22F3IN4OS. The smallest absolute Gasteiger partial charge is 0.379 e. The number of thiazole rings is 1. The van der Waals surface area contributed by atoms with Gasteiger partial charge in [0.2, 0.25) is 0 Å². The van der Waals surface area contributed by atoms with Crippen LogP contribution in [0.4, 0.5) is 13.2 Å². The highest BCUT2D eigenvalue weighted by atomic mass is 127. The number of rotatable bonds is 8. The van der Waals surface area contributed by atoms with E-state index in [1.807, 2.05) is 6.92 Å². The van der Waals surface area contributed by atoms with Crippen molar-refractivity contribution in [2.45, 2.75) is 32.5 Å². The molecule has 2 N–H and O–H groups in total. The van der Waals surface area contributed by atoms with Crippen molar-refractivity contribution in [2.24, 2.45) is 10.9 Å². The average molecular weight is 478 g/mol. The SMILES string of the molecule is CCNC(=NCc1nc(C(F)(F)F)cs1)NCCOCC1CC1.I. The first-order valence-corrected chi connectivity index (χ1v) is 8.48. The average Bonchev–Trinajstić information content (AvgIpc) is 3.18. The van der Waals surface area contributed by atoms with Crippen molar-refractivity contribution >= 4 is 41.3 Å². The van der Waals surface area contributed by atoms with Crippen molar-refractivity contribution in [3.05, 3.63) is 16.1 Å². The fourth-order valence-electron chi connectivity index (χ4n) is 1.78. The topological polar surface area (TPSA) is 58.5 Å². The number of aromatic nitrogens is 1. The predicted octanol–water partition coefficient (Wildman–Crippen LogP) is 3.26. The van der Waals surface area contributed by atoms with E-state index in [4.69, 9.17) is 4.74 Å². The molecule has 138 valence electrons. The number of hydrogen-bond donors (Lipinski definition) is 2. The van der Waals surface area contributed by atoms with Gasteiger partial charge in [0.05, 0.1) is 13.2 Å². The van der Waals surface area contributed by atoms with E-state index in [1.165, 1.54) is 12.8 Å². The van der Waals surface area contributed by atoms with Crippen LogP contribution in [0.15, 0.2) is 10.4 Å². The maximum Gasteiger partial charge on any atom is 0.434 e. The maximum absolute atomic E-state index is 12.5. The van der Waals surface area contributed by atoms with Crippen LogP contribution in [0.3, 0.4) is 0 Å². The molecule has 1 heterocycles. The number of guanidine groups is 1. The Morgan fingerprint density at radius 2 is 2.17 bits per heavy atom. The van der Waals surface area contributed by atoms with Gasteiger partial charge in [0.1, 0.15) is 5.01 Å². The van der Waals surface area contributed by atoms with Gasteiger partial charge in [-0.25, -0.2) is 9.98 Å². The molecular weight excluding hydrogens is 456 g/mol. The van der Waals surface area contributed by atoms with Gasteiger partial charge in [-0.15, -0.1) is 35.3 Å². The molecule has 0 saturated heterocycles. The molecule has 1 saturated carbocycles. The molecule has 1 aromatic heterocycles. The van der Waals surface area contributed by atoms with E-state index in [0.29, 0.717) is 30.7 Å². The van der Waals surface area contributed by atoms with E-state index < -0.39 is 11.9 Å². The number of halogens is 4. The van der Waals surface area contributed by atoms with Crippen LogP contribution < -0.4 is 10.6 Å². The van der Waals surface area contributed by atoms with Gasteiger partial charge in [-0.3, -0.25) is 0 Å². The van der Waals surface area contributed by atoms with Crippen molar-refractivity contribution < 1.29 is 17.9 Å². The Kier molecular flexibility index (Phi) is 9.27. The van der Waals surface area contributed by atoms with Gasteiger partial charge in [0.25, 0.3) is 0 Å². The third-order valence-corrected chi connectivity index (χ3v) is 3.98. The molecule has 24 heavy (non-hydrogen) atoms. The lowest BCUT2D eigenvalue weighted by Crippen LogP contribution is -2.39. The summed E-state index contributed by atoms with van der Waals surface area (Å²) in [6.45, 7) is 4.68. The lowest BCUT2D eigenvalue weighted by molar-refractivity contribution is -0.140. The molecule has 0 bridgehead atoms. The number of alkyl halides is 3. The third kappa shape index (κ3) is 7.97. The van der Waals surface area contributed by atoms with E-state index in [-0.39, 0.29) is 30.5 Å². The minimum atomic E-state index is -4.40. The van der Waals surface area contributed by atoms with E-state index in [9.17, 15) is 13.2 Å². The zero-order valence-electron chi connectivity index (χ0n) is 13.4.